The first-order valence-electron chi connectivity index (χ1n) is 10.7. The Morgan fingerprint density at radius 1 is 1.12 bits per heavy atom. The first-order chi connectivity index (χ1) is 15.0. The molecular weight excluding hydrogens is 453 g/mol. The molecule has 4 rings (SSSR count). The lowest BCUT2D eigenvalue weighted by atomic mass is 10.0. The lowest BCUT2D eigenvalue weighted by molar-refractivity contribution is 0.0669. The maximum atomic E-state index is 15.3. The molecular formula is C22H28FN3O4S2. The highest BCUT2D eigenvalue weighted by atomic mass is 32.2. The van der Waals surface area contributed by atoms with Gasteiger partial charge in [0.05, 0.1) is 26.4 Å². The Hall–Kier alpha value is -2.01. The number of hydrogen-bond donors (Lipinski definition) is 1. The predicted octanol–water partition coefficient (Wildman–Crippen LogP) is 3.22. The molecule has 1 fully saturated rings. The molecule has 2 aromatic rings. The largest absolute Gasteiger partial charge is 0.369 e. The van der Waals surface area contributed by atoms with Gasteiger partial charge in [0.1, 0.15) is 0 Å². The van der Waals surface area contributed by atoms with E-state index in [0.717, 1.165) is 6.07 Å². The van der Waals surface area contributed by atoms with Gasteiger partial charge in [0.15, 0.2) is 0 Å². The molecule has 0 aliphatic carbocycles. The van der Waals surface area contributed by atoms with Crippen LogP contribution < -0.4 is 10.2 Å². The van der Waals surface area contributed by atoms with Crippen LogP contribution in [0, 0.1) is 0 Å². The van der Waals surface area contributed by atoms with E-state index in [4.69, 9.17) is 0 Å². The van der Waals surface area contributed by atoms with Crippen LogP contribution in [0.15, 0.2) is 51.1 Å². The van der Waals surface area contributed by atoms with Crippen molar-refractivity contribution in [1.82, 2.24) is 9.84 Å². The summed E-state index contributed by atoms with van der Waals surface area (Å²) < 4.78 is 69.1. The van der Waals surface area contributed by atoms with Crippen molar-refractivity contribution in [1.29, 1.82) is 0 Å². The van der Waals surface area contributed by atoms with Crippen LogP contribution in [-0.4, -0.2) is 47.5 Å². The highest BCUT2D eigenvalue weighted by Crippen LogP contribution is 2.41. The number of sulfonamides is 1. The minimum absolute atomic E-state index is 0.0670. The maximum Gasteiger partial charge on any atom is 0.269 e. The lowest BCUT2D eigenvalue weighted by Gasteiger charge is -2.29. The van der Waals surface area contributed by atoms with Crippen LogP contribution >= 0.6 is 0 Å². The van der Waals surface area contributed by atoms with Crippen LogP contribution in [-0.2, 0) is 26.4 Å². The molecule has 10 heteroatoms. The quantitative estimate of drug-likeness (QED) is 0.675. The highest BCUT2D eigenvalue weighted by Gasteiger charge is 2.38. The van der Waals surface area contributed by atoms with Crippen LogP contribution in [0.3, 0.4) is 0 Å². The number of nitrogens with zero attached hydrogens (tertiary/aromatic N) is 2. The molecule has 1 saturated heterocycles. The van der Waals surface area contributed by atoms with E-state index in [9.17, 15) is 16.8 Å². The van der Waals surface area contributed by atoms with Gasteiger partial charge >= 0.3 is 0 Å². The number of sulfone groups is 1. The topological polar surface area (TPSA) is 86.8 Å². The van der Waals surface area contributed by atoms with Gasteiger partial charge in [0.2, 0.25) is 9.84 Å². The normalized spacial score (nSPS) is 19.0. The summed E-state index contributed by atoms with van der Waals surface area (Å²) in [6.07, 6.45) is 0.707. The SMILES string of the molecule is CC(C)c1cc2c(cc1S(=O)(=O)N(F)C1CCNCC1)S(=O)(=O)c1ccccc1CN2C. The van der Waals surface area contributed by atoms with Gasteiger partial charge in [-0.15, -0.1) is 4.48 Å². The van der Waals surface area contributed by atoms with Gasteiger partial charge in [0, 0.05) is 13.6 Å². The van der Waals surface area contributed by atoms with E-state index in [2.05, 4.69) is 5.32 Å². The van der Waals surface area contributed by atoms with Gasteiger partial charge in [0.25, 0.3) is 10.0 Å². The van der Waals surface area contributed by atoms with Crippen molar-refractivity contribution in [3.05, 3.63) is 47.5 Å². The summed E-state index contributed by atoms with van der Waals surface area (Å²) in [7, 11) is -6.78. The third-order valence-electron chi connectivity index (χ3n) is 6.19. The van der Waals surface area contributed by atoms with Gasteiger partial charge in [-0.3, -0.25) is 0 Å². The lowest BCUT2D eigenvalue weighted by Crippen LogP contribution is -2.42. The van der Waals surface area contributed by atoms with Crippen LogP contribution in [0.2, 0.25) is 0 Å². The molecule has 32 heavy (non-hydrogen) atoms. The van der Waals surface area contributed by atoms with E-state index >= 15 is 4.48 Å². The fourth-order valence-corrected chi connectivity index (χ4v) is 7.87. The van der Waals surface area contributed by atoms with Gasteiger partial charge < -0.3 is 10.2 Å². The van der Waals surface area contributed by atoms with E-state index in [1.165, 1.54) is 6.07 Å². The average molecular weight is 482 g/mol. The number of rotatable bonds is 4. The van der Waals surface area contributed by atoms with E-state index in [1.807, 2.05) is 13.8 Å². The van der Waals surface area contributed by atoms with Crippen LogP contribution in [0.5, 0.6) is 0 Å². The second kappa shape index (κ2) is 8.40. The van der Waals surface area contributed by atoms with Crippen molar-refractivity contribution in [2.45, 2.75) is 59.9 Å². The van der Waals surface area contributed by atoms with Crippen LogP contribution in [0.1, 0.15) is 43.7 Å². The van der Waals surface area contributed by atoms with Crippen molar-refractivity contribution in [3.8, 4) is 0 Å². The Bertz CT molecular complexity index is 1240. The summed E-state index contributed by atoms with van der Waals surface area (Å²) in [4.78, 5) is 1.53. The van der Waals surface area contributed by atoms with E-state index < -0.39 is 25.9 Å². The summed E-state index contributed by atoms with van der Waals surface area (Å²) in [5, 5.41) is 3.09. The number of anilines is 1. The molecule has 0 bridgehead atoms. The standard InChI is InChI=1S/C22H28FN3O4S2/c1-15(2)18-12-19-22(31(27,28)20-7-5-4-6-16(20)14-25(19)3)13-21(18)32(29,30)26(23)17-8-10-24-11-9-17/h4-7,12-13,15,17,24H,8-11,14H2,1-3H3. The Balaban J connectivity index is 1.94. The minimum atomic E-state index is -4.55. The number of piperidine rings is 1. The third kappa shape index (κ3) is 3.83. The summed E-state index contributed by atoms with van der Waals surface area (Å²) >= 11 is 0. The zero-order valence-electron chi connectivity index (χ0n) is 18.4. The Kier molecular flexibility index (Phi) is 6.08. The summed E-state index contributed by atoms with van der Waals surface area (Å²) in [5.74, 6) is -0.256. The molecule has 2 aliphatic heterocycles. The van der Waals surface area contributed by atoms with Crippen molar-refractivity contribution in [2.24, 2.45) is 0 Å². The molecule has 0 aromatic heterocycles. The molecule has 2 aromatic carbocycles. The smallest absolute Gasteiger partial charge is 0.269 e. The molecule has 1 N–H and O–H groups in total. The number of nitrogens with one attached hydrogen (secondary N) is 1. The van der Waals surface area contributed by atoms with E-state index in [-0.39, 0.29) is 25.1 Å². The molecule has 7 nitrogen and oxygen atoms in total. The fraction of sp³-hybridized carbons (Fsp3) is 0.455. The number of hydrogen-bond acceptors (Lipinski definition) is 6. The maximum absolute atomic E-state index is 15.3. The van der Waals surface area contributed by atoms with Crippen molar-refractivity contribution < 1.29 is 21.3 Å². The molecule has 174 valence electrons. The van der Waals surface area contributed by atoms with Crippen molar-refractivity contribution in [3.63, 3.8) is 0 Å². The highest BCUT2D eigenvalue weighted by molar-refractivity contribution is 7.92. The summed E-state index contributed by atoms with van der Waals surface area (Å²) in [5.41, 5.74) is 1.44. The molecule has 0 spiro atoms. The van der Waals surface area contributed by atoms with E-state index in [1.54, 1.807) is 36.2 Å². The van der Waals surface area contributed by atoms with E-state index in [0.29, 0.717) is 49.3 Å². The Morgan fingerprint density at radius 3 is 2.44 bits per heavy atom. The summed E-state index contributed by atoms with van der Waals surface area (Å²) in [6, 6.07) is 8.65. The van der Waals surface area contributed by atoms with Gasteiger partial charge in [-0.25, -0.2) is 16.8 Å². The predicted molar refractivity (Wildman–Crippen MR) is 121 cm³/mol. The summed E-state index contributed by atoms with van der Waals surface area (Å²) in [6.45, 7) is 5.04. The zero-order chi connectivity index (χ0) is 23.3. The van der Waals surface area contributed by atoms with Gasteiger partial charge in [-0.1, -0.05) is 32.0 Å². The van der Waals surface area contributed by atoms with Gasteiger partial charge in [-0.05, 0) is 65.7 Å². The molecule has 2 aliphatic rings. The van der Waals surface area contributed by atoms with Crippen molar-refractivity contribution in [2.75, 3.05) is 25.0 Å². The average Bonchev–Trinajstić information content (AvgIpc) is 2.85. The van der Waals surface area contributed by atoms with Gasteiger partial charge in [-0.2, -0.15) is 0 Å². The third-order valence-corrected chi connectivity index (χ3v) is 9.74. The van der Waals surface area contributed by atoms with Crippen LogP contribution in [0.4, 0.5) is 10.2 Å². The second-order valence-corrected chi connectivity index (χ2v) is 12.3. The monoisotopic (exact) mass is 481 g/mol. The first kappa shape index (κ1) is 23.2. The second-order valence-electron chi connectivity index (χ2n) is 8.71. The number of benzene rings is 2. The molecule has 0 atom stereocenters. The zero-order valence-corrected chi connectivity index (χ0v) is 20.0. The molecule has 0 amide bonds. The Labute approximate surface area is 189 Å². The number of fused-ring (bicyclic) bond motifs is 2. The number of halogens is 1. The molecule has 0 saturated carbocycles. The minimum Gasteiger partial charge on any atom is -0.369 e. The fourth-order valence-electron chi connectivity index (χ4n) is 4.41. The van der Waals surface area contributed by atoms with Crippen LogP contribution in [0.25, 0.3) is 0 Å². The Morgan fingerprint density at radius 2 is 1.78 bits per heavy atom. The molecule has 0 unspecified atom stereocenters. The molecule has 2 heterocycles. The first-order valence-corrected chi connectivity index (χ1v) is 13.6. The molecule has 0 radical (unpaired) electrons. The van der Waals surface area contributed by atoms with Crippen molar-refractivity contribution >= 4 is 25.5 Å².